The smallest absolute Gasteiger partial charge is 0.387 e. The predicted octanol–water partition coefficient (Wildman–Crippen LogP) is 3.51. The van der Waals surface area contributed by atoms with Crippen molar-refractivity contribution in [1.82, 2.24) is 10.3 Å². The van der Waals surface area contributed by atoms with Gasteiger partial charge in [0.05, 0.1) is 6.04 Å². The molecule has 0 saturated heterocycles. The van der Waals surface area contributed by atoms with Crippen LogP contribution in [0.15, 0.2) is 29.6 Å². The van der Waals surface area contributed by atoms with E-state index in [2.05, 4.69) is 15.0 Å². The summed E-state index contributed by atoms with van der Waals surface area (Å²) in [6.07, 6.45) is 0.517. The molecule has 132 valence electrons. The Morgan fingerprint density at radius 1 is 1.42 bits per heavy atom. The molecule has 2 rings (SSSR count). The lowest BCUT2D eigenvalue weighted by atomic mass is 10.0. The topological polar surface area (TPSA) is 77.2 Å². The highest BCUT2D eigenvalue weighted by Gasteiger charge is 2.20. The number of hydrogen-bond acceptors (Lipinski definition) is 5. The highest BCUT2D eigenvalue weighted by atomic mass is 35.5. The maximum atomic E-state index is 12.5. The number of alkyl halides is 2. The summed E-state index contributed by atoms with van der Waals surface area (Å²) in [4.78, 5) is 16.4. The van der Waals surface area contributed by atoms with Crippen LogP contribution in [0.25, 0.3) is 0 Å². The van der Waals surface area contributed by atoms with Crippen molar-refractivity contribution in [2.75, 3.05) is 0 Å². The summed E-state index contributed by atoms with van der Waals surface area (Å²) in [7, 11) is 0. The summed E-state index contributed by atoms with van der Waals surface area (Å²) >= 11 is 1.30. The van der Waals surface area contributed by atoms with Crippen molar-refractivity contribution in [3.8, 4) is 5.75 Å². The Bertz CT molecular complexity index is 670. The van der Waals surface area contributed by atoms with Crippen LogP contribution in [0.1, 0.15) is 40.4 Å². The van der Waals surface area contributed by atoms with E-state index in [0.29, 0.717) is 17.0 Å². The van der Waals surface area contributed by atoms with E-state index in [0.717, 1.165) is 0 Å². The van der Waals surface area contributed by atoms with Crippen LogP contribution in [-0.2, 0) is 6.54 Å². The number of aromatic nitrogens is 1. The van der Waals surface area contributed by atoms with E-state index in [9.17, 15) is 13.6 Å². The molecule has 1 aromatic carbocycles. The molecule has 3 N–H and O–H groups in total. The number of nitrogens with one attached hydrogen (secondary N) is 1. The van der Waals surface area contributed by atoms with Crippen molar-refractivity contribution in [2.45, 2.75) is 32.5 Å². The fourth-order valence-corrected chi connectivity index (χ4v) is 2.77. The summed E-state index contributed by atoms with van der Waals surface area (Å²) < 4.78 is 29.5. The van der Waals surface area contributed by atoms with Crippen LogP contribution < -0.4 is 15.8 Å². The second kappa shape index (κ2) is 9.51. The summed E-state index contributed by atoms with van der Waals surface area (Å²) in [5.41, 5.74) is 6.24. The summed E-state index contributed by atoms with van der Waals surface area (Å²) in [6, 6.07) is 5.95. The molecule has 1 heterocycles. The molecule has 1 aromatic heterocycles. The number of amides is 1. The fraction of sp³-hybridized carbons (Fsp3) is 0.333. The molecule has 1 amide bonds. The maximum Gasteiger partial charge on any atom is 0.387 e. The van der Waals surface area contributed by atoms with Crippen LogP contribution in [0.5, 0.6) is 5.75 Å². The molecule has 0 fully saturated rings. The average Bonchev–Trinajstić information content (AvgIpc) is 3.02. The average molecular weight is 378 g/mol. The van der Waals surface area contributed by atoms with Gasteiger partial charge >= 0.3 is 6.61 Å². The van der Waals surface area contributed by atoms with Gasteiger partial charge in [-0.1, -0.05) is 25.1 Å². The monoisotopic (exact) mass is 377 g/mol. The Balaban J connectivity index is 0.00000288. The van der Waals surface area contributed by atoms with Gasteiger partial charge in [0.15, 0.2) is 0 Å². The van der Waals surface area contributed by atoms with Crippen LogP contribution in [0, 0.1) is 0 Å². The first-order chi connectivity index (χ1) is 11.0. The molecule has 24 heavy (non-hydrogen) atoms. The van der Waals surface area contributed by atoms with Crippen molar-refractivity contribution in [2.24, 2.45) is 5.73 Å². The number of nitrogens with two attached hydrogens (primary N) is 1. The molecule has 0 aliphatic heterocycles. The van der Waals surface area contributed by atoms with Crippen molar-refractivity contribution in [1.29, 1.82) is 0 Å². The number of carbonyl (C=O) groups is 1. The van der Waals surface area contributed by atoms with Crippen LogP contribution in [0.3, 0.4) is 0 Å². The molecular weight excluding hydrogens is 360 g/mol. The number of ether oxygens (including phenoxy) is 1. The van der Waals surface area contributed by atoms with Crippen LogP contribution in [0.4, 0.5) is 8.78 Å². The lowest BCUT2D eigenvalue weighted by Gasteiger charge is -2.20. The number of carbonyl (C=O) groups excluding carboxylic acids is 1. The van der Waals surface area contributed by atoms with Gasteiger partial charge in [0.25, 0.3) is 5.91 Å². The number of rotatable bonds is 7. The first-order valence-corrected chi connectivity index (χ1v) is 7.92. The van der Waals surface area contributed by atoms with Gasteiger partial charge in [0, 0.05) is 17.5 Å². The quantitative estimate of drug-likeness (QED) is 0.774. The summed E-state index contributed by atoms with van der Waals surface area (Å²) in [6.45, 7) is -0.813. The van der Waals surface area contributed by atoms with Gasteiger partial charge < -0.3 is 15.8 Å². The van der Waals surface area contributed by atoms with Crippen LogP contribution in [0.2, 0.25) is 0 Å². The lowest BCUT2D eigenvalue weighted by molar-refractivity contribution is -0.0506. The first kappa shape index (κ1) is 20.3. The normalized spacial score (nSPS) is 11.7. The highest BCUT2D eigenvalue weighted by molar-refractivity contribution is 7.09. The molecule has 1 unspecified atom stereocenters. The number of thiazole rings is 1. The molecule has 2 aromatic rings. The Morgan fingerprint density at radius 3 is 2.71 bits per heavy atom. The zero-order valence-corrected chi connectivity index (χ0v) is 14.5. The minimum atomic E-state index is -2.92. The number of nitrogens with zero attached hydrogens (tertiary/aromatic N) is 1. The number of hydrogen-bond donors (Lipinski definition) is 2. The highest BCUT2D eigenvalue weighted by Crippen LogP contribution is 2.28. The molecule has 0 radical (unpaired) electrons. The van der Waals surface area contributed by atoms with Gasteiger partial charge in [0.1, 0.15) is 16.5 Å². The maximum absolute atomic E-state index is 12.5. The van der Waals surface area contributed by atoms with E-state index in [1.165, 1.54) is 17.4 Å². The standard InChI is InChI=1S/C15H17F2N3O2S.ClH/c1-2-10(9-5-3-4-6-12(9)22-15(16)17)20-14(21)11-8-23-13(7-18)19-11;/h3-6,8,10,15H,2,7,18H2,1H3,(H,20,21);1H. The van der Waals surface area contributed by atoms with Gasteiger partial charge in [-0.25, -0.2) is 4.98 Å². The largest absolute Gasteiger partial charge is 0.434 e. The van der Waals surface area contributed by atoms with E-state index in [-0.39, 0.29) is 36.3 Å². The molecular formula is C15H18ClF2N3O2S. The van der Waals surface area contributed by atoms with E-state index in [4.69, 9.17) is 5.73 Å². The molecule has 5 nitrogen and oxygen atoms in total. The second-order valence-corrected chi connectivity index (χ2v) is 5.62. The summed E-state index contributed by atoms with van der Waals surface area (Å²) in [5, 5.41) is 5.06. The Morgan fingerprint density at radius 2 is 2.12 bits per heavy atom. The van der Waals surface area contributed by atoms with E-state index in [1.54, 1.807) is 23.6 Å². The first-order valence-electron chi connectivity index (χ1n) is 7.04. The van der Waals surface area contributed by atoms with Crippen molar-refractivity contribution >= 4 is 29.7 Å². The Hall–Kier alpha value is -1.77. The van der Waals surface area contributed by atoms with Crippen LogP contribution in [-0.4, -0.2) is 17.5 Å². The minimum absolute atomic E-state index is 0. The van der Waals surface area contributed by atoms with Crippen molar-refractivity contribution in [3.63, 3.8) is 0 Å². The third kappa shape index (κ3) is 5.12. The fourth-order valence-electron chi connectivity index (χ4n) is 2.11. The molecule has 0 saturated carbocycles. The third-order valence-corrected chi connectivity index (χ3v) is 4.05. The molecule has 0 spiro atoms. The van der Waals surface area contributed by atoms with Gasteiger partial charge in [0.2, 0.25) is 0 Å². The summed E-state index contributed by atoms with van der Waals surface area (Å²) in [5.74, 6) is -0.324. The number of para-hydroxylation sites is 1. The van der Waals surface area contributed by atoms with Gasteiger partial charge in [-0.3, -0.25) is 4.79 Å². The molecule has 0 bridgehead atoms. The zero-order chi connectivity index (χ0) is 16.8. The van der Waals surface area contributed by atoms with Gasteiger partial charge in [-0.2, -0.15) is 8.78 Å². The van der Waals surface area contributed by atoms with E-state index >= 15 is 0 Å². The molecule has 0 aliphatic carbocycles. The molecule has 9 heteroatoms. The zero-order valence-electron chi connectivity index (χ0n) is 12.9. The molecule has 1 atom stereocenters. The Labute approximate surface area is 148 Å². The van der Waals surface area contributed by atoms with Crippen molar-refractivity contribution < 1.29 is 18.3 Å². The predicted molar refractivity (Wildman–Crippen MR) is 90.8 cm³/mol. The number of halogens is 3. The van der Waals surface area contributed by atoms with E-state index < -0.39 is 12.7 Å². The van der Waals surface area contributed by atoms with Crippen molar-refractivity contribution in [3.05, 3.63) is 45.9 Å². The van der Waals surface area contributed by atoms with Gasteiger partial charge in [-0.05, 0) is 12.5 Å². The minimum Gasteiger partial charge on any atom is -0.434 e. The third-order valence-electron chi connectivity index (χ3n) is 3.18. The lowest BCUT2D eigenvalue weighted by Crippen LogP contribution is -2.29. The van der Waals surface area contributed by atoms with Crippen LogP contribution >= 0.6 is 23.7 Å². The number of benzene rings is 1. The molecule has 0 aliphatic rings. The SMILES string of the molecule is CCC(NC(=O)c1csc(CN)n1)c1ccccc1OC(F)F.Cl. The van der Waals surface area contributed by atoms with E-state index in [1.807, 2.05) is 6.92 Å². The second-order valence-electron chi connectivity index (χ2n) is 4.68. The van der Waals surface area contributed by atoms with Gasteiger partial charge in [-0.15, -0.1) is 23.7 Å². The Kier molecular flexibility index (Phi) is 8.03.